The zero-order valence-corrected chi connectivity index (χ0v) is 12.7. The van der Waals surface area contributed by atoms with Crippen LogP contribution in [0.3, 0.4) is 0 Å². The van der Waals surface area contributed by atoms with Gasteiger partial charge in [-0.1, -0.05) is 6.07 Å². The van der Waals surface area contributed by atoms with Crippen molar-refractivity contribution in [1.29, 1.82) is 0 Å². The molecule has 0 aromatic heterocycles. The first kappa shape index (κ1) is 15.7. The summed E-state index contributed by atoms with van der Waals surface area (Å²) in [5.41, 5.74) is 1.89. The van der Waals surface area contributed by atoms with Gasteiger partial charge in [0.25, 0.3) is 0 Å². The van der Waals surface area contributed by atoms with Gasteiger partial charge in [-0.15, -0.1) is 0 Å². The summed E-state index contributed by atoms with van der Waals surface area (Å²) in [6, 6.07) is 5.74. The van der Waals surface area contributed by atoms with E-state index in [2.05, 4.69) is 20.8 Å². The van der Waals surface area contributed by atoms with Gasteiger partial charge in [0.05, 0.1) is 12.3 Å². The van der Waals surface area contributed by atoms with E-state index in [9.17, 15) is 4.79 Å². The minimum Gasteiger partial charge on any atom is -0.478 e. The fraction of sp³-hybridized carbons (Fsp3) is 0.357. The summed E-state index contributed by atoms with van der Waals surface area (Å²) in [5, 5.41) is 8.59. The van der Waals surface area contributed by atoms with Crippen LogP contribution < -0.4 is 4.90 Å². The summed E-state index contributed by atoms with van der Waals surface area (Å²) in [6.07, 6.45) is 2.69. The average Bonchev–Trinajstić information content (AvgIpc) is 2.36. The van der Waals surface area contributed by atoms with Crippen LogP contribution in [0.25, 0.3) is 6.08 Å². The molecule has 0 saturated heterocycles. The monoisotopic (exact) mass is 327 g/mol. The van der Waals surface area contributed by atoms with Gasteiger partial charge in [-0.3, -0.25) is 0 Å². The first-order valence-electron chi connectivity index (χ1n) is 6.04. The van der Waals surface area contributed by atoms with Crippen molar-refractivity contribution in [3.8, 4) is 0 Å². The summed E-state index contributed by atoms with van der Waals surface area (Å²) in [7, 11) is 1.99. The number of carboxylic acids is 1. The second-order valence-electron chi connectivity index (χ2n) is 4.00. The van der Waals surface area contributed by atoms with Crippen molar-refractivity contribution >= 4 is 33.7 Å². The van der Waals surface area contributed by atoms with E-state index in [1.807, 2.05) is 32.2 Å². The molecule has 0 aliphatic heterocycles. The summed E-state index contributed by atoms with van der Waals surface area (Å²) >= 11 is 3.50. The smallest absolute Gasteiger partial charge is 0.328 e. The standard InChI is InChI=1S/C14H18BrNO3/c1-3-19-9-8-16(2)13-6-4-11(10-12(13)15)5-7-14(17)18/h4-7,10H,3,8-9H2,1-2H3,(H,17,18)/b7-5+. The molecule has 1 aromatic carbocycles. The van der Waals surface area contributed by atoms with Gasteiger partial charge in [0, 0.05) is 30.7 Å². The molecular weight excluding hydrogens is 310 g/mol. The maximum absolute atomic E-state index is 10.5. The van der Waals surface area contributed by atoms with E-state index in [1.54, 1.807) is 6.08 Å². The van der Waals surface area contributed by atoms with Crippen LogP contribution in [0.4, 0.5) is 5.69 Å². The largest absolute Gasteiger partial charge is 0.478 e. The number of benzene rings is 1. The van der Waals surface area contributed by atoms with Gasteiger partial charge in [-0.25, -0.2) is 4.79 Å². The van der Waals surface area contributed by atoms with Gasteiger partial charge in [-0.2, -0.15) is 0 Å². The number of hydrogen-bond donors (Lipinski definition) is 1. The first-order valence-corrected chi connectivity index (χ1v) is 6.83. The van der Waals surface area contributed by atoms with E-state index in [1.165, 1.54) is 0 Å². The second-order valence-corrected chi connectivity index (χ2v) is 4.86. The maximum Gasteiger partial charge on any atom is 0.328 e. The zero-order valence-electron chi connectivity index (χ0n) is 11.1. The Morgan fingerprint density at radius 1 is 1.53 bits per heavy atom. The molecular formula is C14H18BrNO3. The number of likely N-dealkylation sites (N-methyl/N-ethyl adjacent to an activating group) is 1. The van der Waals surface area contributed by atoms with Gasteiger partial charge in [0.15, 0.2) is 0 Å². The summed E-state index contributed by atoms with van der Waals surface area (Å²) < 4.78 is 6.25. The second kappa shape index (κ2) is 7.96. The number of ether oxygens (including phenoxy) is 1. The molecule has 0 heterocycles. The molecule has 0 saturated carbocycles. The van der Waals surface area contributed by atoms with Crippen molar-refractivity contribution < 1.29 is 14.6 Å². The predicted molar refractivity (Wildman–Crippen MR) is 80.6 cm³/mol. The van der Waals surface area contributed by atoms with Gasteiger partial charge >= 0.3 is 5.97 Å². The average molecular weight is 328 g/mol. The Bertz CT molecular complexity index is 460. The van der Waals surface area contributed by atoms with Gasteiger partial charge in [0.1, 0.15) is 0 Å². The topological polar surface area (TPSA) is 49.8 Å². The number of aliphatic carboxylic acids is 1. The highest BCUT2D eigenvalue weighted by Gasteiger charge is 2.05. The molecule has 0 aliphatic rings. The zero-order chi connectivity index (χ0) is 14.3. The van der Waals surface area contributed by atoms with Crippen LogP contribution in [0.1, 0.15) is 12.5 Å². The van der Waals surface area contributed by atoms with Crippen LogP contribution in [0.5, 0.6) is 0 Å². The molecule has 0 atom stereocenters. The Hall–Kier alpha value is -1.33. The number of rotatable bonds is 7. The molecule has 4 nitrogen and oxygen atoms in total. The van der Waals surface area contributed by atoms with Gasteiger partial charge < -0.3 is 14.7 Å². The minimum atomic E-state index is -0.950. The lowest BCUT2D eigenvalue weighted by Crippen LogP contribution is -2.22. The Kier molecular flexibility index (Phi) is 6.59. The highest BCUT2D eigenvalue weighted by molar-refractivity contribution is 9.10. The van der Waals surface area contributed by atoms with Crippen molar-refractivity contribution in [2.45, 2.75) is 6.92 Å². The Balaban J connectivity index is 2.73. The van der Waals surface area contributed by atoms with E-state index in [0.29, 0.717) is 13.2 Å². The Morgan fingerprint density at radius 3 is 2.84 bits per heavy atom. The summed E-state index contributed by atoms with van der Waals surface area (Å²) in [4.78, 5) is 12.5. The highest BCUT2D eigenvalue weighted by Crippen LogP contribution is 2.26. The Morgan fingerprint density at radius 2 is 2.26 bits per heavy atom. The van der Waals surface area contributed by atoms with Crippen LogP contribution in [0, 0.1) is 0 Å². The van der Waals surface area contributed by atoms with E-state index >= 15 is 0 Å². The van der Waals surface area contributed by atoms with Crippen LogP contribution in [-0.4, -0.2) is 37.9 Å². The molecule has 1 N–H and O–H groups in total. The number of halogens is 1. The lowest BCUT2D eigenvalue weighted by Gasteiger charge is -2.20. The van der Waals surface area contributed by atoms with Crippen molar-refractivity contribution in [2.75, 3.05) is 31.7 Å². The molecule has 5 heteroatoms. The number of carboxylic acid groups (broad SMARTS) is 1. The van der Waals surface area contributed by atoms with Crippen LogP contribution >= 0.6 is 15.9 Å². The van der Waals surface area contributed by atoms with Crippen molar-refractivity contribution in [3.05, 3.63) is 34.3 Å². The van der Waals surface area contributed by atoms with Gasteiger partial charge in [0.2, 0.25) is 0 Å². The molecule has 104 valence electrons. The predicted octanol–water partition coefficient (Wildman–Crippen LogP) is 3.02. The number of carbonyl (C=O) groups is 1. The van der Waals surface area contributed by atoms with E-state index < -0.39 is 5.97 Å². The quantitative estimate of drug-likeness (QED) is 0.617. The molecule has 19 heavy (non-hydrogen) atoms. The lowest BCUT2D eigenvalue weighted by atomic mass is 10.2. The van der Waals surface area contributed by atoms with Crippen molar-refractivity contribution in [2.24, 2.45) is 0 Å². The van der Waals surface area contributed by atoms with E-state index in [4.69, 9.17) is 9.84 Å². The molecule has 0 aliphatic carbocycles. The summed E-state index contributed by atoms with van der Waals surface area (Å²) in [5.74, 6) is -0.950. The molecule has 0 spiro atoms. The van der Waals surface area contributed by atoms with Crippen LogP contribution in [0.15, 0.2) is 28.7 Å². The molecule has 0 radical (unpaired) electrons. The molecule has 0 amide bonds. The Labute approximate surface area is 121 Å². The van der Waals surface area contributed by atoms with E-state index in [0.717, 1.165) is 28.3 Å². The van der Waals surface area contributed by atoms with Crippen molar-refractivity contribution in [1.82, 2.24) is 0 Å². The molecule has 0 bridgehead atoms. The third-order valence-corrected chi connectivity index (χ3v) is 3.21. The number of anilines is 1. The van der Waals surface area contributed by atoms with Crippen molar-refractivity contribution in [3.63, 3.8) is 0 Å². The first-order chi connectivity index (χ1) is 9.04. The number of hydrogen-bond acceptors (Lipinski definition) is 3. The maximum atomic E-state index is 10.5. The minimum absolute atomic E-state index is 0.681. The molecule has 1 aromatic rings. The SMILES string of the molecule is CCOCCN(C)c1ccc(/C=C/C(=O)O)cc1Br. The van der Waals surface area contributed by atoms with Crippen LogP contribution in [-0.2, 0) is 9.53 Å². The lowest BCUT2D eigenvalue weighted by molar-refractivity contribution is -0.131. The fourth-order valence-corrected chi connectivity index (χ4v) is 2.27. The fourth-order valence-electron chi connectivity index (χ4n) is 1.57. The normalized spacial score (nSPS) is 10.9. The molecule has 0 fully saturated rings. The molecule has 0 unspecified atom stereocenters. The molecule has 1 rings (SSSR count). The summed E-state index contributed by atoms with van der Waals surface area (Å²) in [6.45, 7) is 4.17. The van der Waals surface area contributed by atoms with Gasteiger partial charge in [-0.05, 0) is 46.6 Å². The van der Waals surface area contributed by atoms with Crippen LogP contribution in [0.2, 0.25) is 0 Å². The third-order valence-electron chi connectivity index (χ3n) is 2.58. The third kappa shape index (κ3) is 5.44. The number of nitrogens with zero attached hydrogens (tertiary/aromatic N) is 1. The van der Waals surface area contributed by atoms with E-state index in [-0.39, 0.29) is 0 Å². The highest BCUT2D eigenvalue weighted by atomic mass is 79.9.